The van der Waals surface area contributed by atoms with Crippen LogP contribution in [-0.2, 0) is 6.54 Å². The topological polar surface area (TPSA) is 49.2 Å². The highest BCUT2D eigenvalue weighted by Crippen LogP contribution is 2.34. The molecular formula is C22H25N3O2. The highest BCUT2D eigenvalue weighted by molar-refractivity contribution is 6.06. The normalized spacial score (nSPS) is 11.5. The molecule has 0 saturated carbocycles. The zero-order valence-corrected chi connectivity index (χ0v) is 16.2. The third-order valence-corrected chi connectivity index (χ3v) is 4.66. The number of hydrogen-bond acceptors (Lipinski definition) is 4. The molecule has 5 nitrogen and oxygen atoms in total. The van der Waals surface area contributed by atoms with Crippen molar-refractivity contribution in [3.8, 4) is 11.5 Å². The average Bonchev–Trinajstić information content (AvgIpc) is 3.01. The van der Waals surface area contributed by atoms with Crippen molar-refractivity contribution >= 4 is 33.1 Å². The van der Waals surface area contributed by atoms with Gasteiger partial charge in [-0.15, -0.1) is 0 Å². The number of hydrogen-bond donors (Lipinski definition) is 0. The Labute approximate surface area is 158 Å². The lowest BCUT2D eigenvalue weighted by atomic mass is 10.2. The van der Waals surface area contributed by atoms with Crippen LogP contribution in [0.1, 0.15) is 33.6 Å². The third-order valence-electron chi connectivity index (χ3n) is 4.66. The van der Waals surface area contributed by atoms with Crippen molar-refractivity contribution in [1.29, 1.82) is 0 Å². The van der Waals surface area contributed by atoms with Gasteiger partial charge in [0, 0.05) is 24.1 Å². The van der Waals surface area contributed by atoms with Crippen LogP contribution in [0.5, 0.6) is 11.5 Å². The number of ether oxygens (including phenoxy) is 2. The van der Waals surface area contributed by atoms with Crippen LogP contribution in [-0.4, -0.2) is 27.7 Å². The van der Waals surface area contributed by atoms with Crippen LogP contribution in [0.3, 0.4) is 0 Å². The number of nitrogens with zero attached hydrogens (tertiary/aromatic N) is 3. The molecule has 4 aromatic rings. The van der Waals surface area contributed by atoms with E-state index in [-0.39, 0.29) is 0 Å². The molecule has 0 N–H and O–H groups in total. The van der Waals surface area contributed by atoms with Crippen molar-refractivity contribution in [2.75, 3.05) is 13.2 Å². The number of rotatable bonds is 7. The van der Waals surface area contributed by atoms with Gasteiger partial charge in [-0.3, -0.25) is 0 Å². The summed E-state index contributed by atoms with van der Waals surface area (Å²) in [5, 5.41) is 1.13. The van der Waals surface area contributed by atoms with Crippen LogP contribution < -0.4 is 9.47 Å². The smallest absolute Gasteiger partial charge is 0.163 e. The molecule has 0 fully saturated rings. The van der Waals surface area contributed by atoms with E-state index in [0.29, 0.717) is 13.2 Å². The van der Waals surface area contributed by atoms with E-state index in [4.69, 9.17) is 19.4 Å². The van der Waals surface area contributed by atoms with E-state index in [0.717, 1.165) is 64.0 Å². The number of aryl methyl sites for hydroxylation is 1. The Morgan fingerprint density at radius 3 is 2.11 bits per heavy atom. The van der Waals surface area contributed by atoms with Crippen LogP contribution in [0.15, 0.2) is 36.4 Å². The SMILES string of the molecule is CCCOc1cc2nc3c4ccccc4n(CC)c3nc2cc1OCCC. The minimum Gasteiger partial charge on any atom is -0.490 e. The Kier molecular flexibility index (Phi) is 4.84. The molecule has 0 aliphatic heterocycles. The fraction of sp³-hybridized carbons (Fsp3) is 0.364. The second kappa shape index (κ2) is 7.43. The molecule has 0 unspecified atom stereocenters. The quantitative estimate of drug-likeness (QED) is 0.445. The lowest BCUT2D eigenvalue weighted by Gasteiger charge is -2.13. The molecule has 0 aliphatic carbocycles. The van der Waals surface area contributed by atoms with Crippen LogP contribution in [0.2, 0.25) is 0 Å². The van der Waals surface area contributed by atoms with Crippen LogP contribution in [0, 0.1) is 0 Å². The molecular weight excluding hydrogens is 338 g/mol. The lowest BCUT2D eigenvalue weighted by molar-refractivity contribution is 0.269. The summed E-state index contributed by atoms with van der Waals surface area (Å²) in [6, 6.07) is 12.3. The molecule has 2 aromatic carbocycles. The van der Waals surface area contributed by atoms with Crippen molar-refractivity contribution in [2.24, 2.45) is 0 Å². The molecule has 0 aliphatic rings. The van der Waals surface area contributed by atoms with Gasteiger partial charge in [-0.05, 0) is 25.8 Å². The first-order chi connectivity index (χ1) is 13.3. The number of aromatic nitrogens is 3. The largest absolute Gasteiger partial charge is 0.490 e. The maximum absolute atomic E-state index is 5.92. The van der Waals surface area contributed by atoms with Gasteiger partial charge in [0.05, 0.1) is 29.8 Å². The van der Waals surface area contributed by atoms with Crippen LogP contribution in [0.25, 0.3) is 33.1 Å². The van der Waals surface area contributed by atoms with Gasteiger partial charge in [-0.2, -0.15) is 0 Å². The molecule has 4 rings (SSSR count). The number of fused-ring (bicyclic) bond motifs is 4. The molecule has 0 saturated heterocycles. The van der Waals surface area contributed by atoms with E-state index < -0.39 is 0 Å². The summed E-state index contributed by atoms with van der Waals surface area (Å²) in [6.07, 6.45) is 1.89. The fourth-order valence-corrected chi connectivity index (χ4v) is 3.42. The summed E-state index contributed by atoms with van der Waals surface area (Å²) < 4.78 is 14.1. The molecule has 27 heavy (non-hydrogen) atoms. The standard InChI is InChI=1S/C22H25N3O2/c1-4-11-26-19-13-16-17(14-20(19)27-12-5-2)24-22-21(23-16)15-9-7-8-10-18(15)25(22)6-3/h7-10,13-14H,4-6,11-12H2,1-3H3. The van der Waals surface area contributed by atoms with E-state index in [9.17, 15) is 0 Å². The summed E-state index contributed by atoms with van der Waals surface area (Å²) in [6.45, 7) is 8.47. The highest BCUT2D eigenvalue weighted by Gasteiger charge is 2.16. The molecule has 0 bridgehead atoms. The minimum absolute atomic E-state index is 0.652. The van der Waals surface area contributed by atoms with E-state index in [1.54, 1.807) is 0 Å². The summed E-state index contributed by atoms with van der Waals surface area (Å²) in [7, 11) is 0. The predicted molar refractivity (Wildman–Crippen MR) is 110 cm³/mol. The maximum Gasteiger partial charge on any atom is 0.163 e. The van der Waals surface area contributed by atoms with Gasteiger partial charge in [0.15, 0.2) is 17.1 Å². The molecule has 0 spiro atoms. The highest BCUT2D eigenvalue weighted by atomic mass is 16.5. The molecule has 140 valence electrons. The van der Waals surface area contributed by atoms with Crippen molar-refractivity contribution in [3.63, 3.8) is 0 Å². The van der Waals surface area contributed by atoms with Gasteiger partial charge >= 0.3 is 0 Å². The molecule has 2 heterocycles. The Hall–Kier alpha value is -2.82. The lowest BCUT2D eigenvalue weighted by Crippen LogP contribution is -2.02. The number of benzene rings is 2. The minimum atomic E-state index is 0.652. The van der Waals surface area contributed by atoms with E-state index in [2.05, 4.69) is 43.5 Å². The van der Waals surface area contributed by atoms with Gasteiger partial charge in [0.2, 0.25) is 0 Å². The summed E-state index contributed by atoms with van der Waals surface area (Å²) in [5.74, 6) is 1.48. The third kappa shape index (κ3) is 3.07. The Balaban J connectivity index is 1.96. The molecule has 2 aromatic heterocycles. The zero-order valence-electron chi connectivity index (χ0n) is 16.2. The molecule has 5 heteroatoms. The Morgan fingerprint density at radius 1 is 0.852 bits per heavy atom. The van der Waals surface area contributed by atoms with Gasteiger partial charge < -0.3 is 14.0 Å². The Bertz CT molecular complexity index is 1100. The summed E-state index contributed by atoms with van der Waals surface area (Å²) in [4.78, 5) is 9.89. The molecule has 0 amide bonds. The first kappa shape index (κ1) is 17.6. The van der Waals surface area contributed by atoms with Gasteiger partial charge in [0.1, 0.15) is 5.52 Å². The average molecular weight is 363 g/mol. The first-order valence-electron chi connectivity index (χ1n) is 9.75. The maximum atomic E-state index is 5.92. The van der Waals surface area contributed by atoms with Crippen molar-refractivity contribution < 1.29 is 9.47 Å². The van der Waals surface area contributed by atoms with Gasteiger partial charge in [-0.25, -0.2) is 9.97 Å². The van der Waals surface area contributed by atoms with Gasteiger partial charge in [0.25, 0.3) is 0 Å². The van der Waals surface area contributed by atoms with E-state index in [1.165, 1.54) is 0 Å². The van der Waals surface area contributed by atoms with Gasteiger partial charge in [-0.1, -0.05) is 32.0 Å². The Morgan fingerprint density at radius 2 is 1.48 bits per heavy atom. The molecule has 0 radical (unpaired) electrons. The summed E-state index contributed by atoms with van der Waals surface area (Å²) in [5.41, 5.74) is 4.67. The van der Waals surface area contributed by atoms with Crippen molar-refractivity contribution in [1.82, 2.24) is 14.5 Å². The molecule has 0 atom stereocenters. The monoisotopic (exact) mass is 363 g/mol. The van der Waals surface area contributed by atoms with E-state index in [1.807, 2.05) is 18.2 Å². The first-order valence-corrected chi connectivity index (χ1v) is 9.75. The van der Waals surface area contributed by atoms with Crippen molar-refractivity contribution in [3.05, 3.63) is 36.4 Å². The summed E-state index contributed by atoms with van der Waals surface area (Å²) >= 11 is 0. The van der Waals surface area contributed by atoms with Crippen LogP contribution in [0.4, 0.5) is 0 Å². The van der Waals surface area contributed by atoms with Crippen LogP contribution >= 0.6 is 0 Å². The van der Waals surface area contributed by atoms with E-state index >= 15 is 0 Å². The van der Waals surface area contributed by atoms with Crippen molar-refractivity contribution in [2.45, 2.75) is 40.2 Å². The second-order valence-corrected chi connectivity index (χ2v) is 6.64. The second-order valence-electron chi connectivity index (χ2n) is 6.64. The zero-order chi connectivity index (χ0) is 18.8. The number of para-hydroxylation sites is 1. The predicted octanol–water partition coefficient (Wildman–Crippen LogP) is 5.34. The fourth-order valence-electron chi connectivity index (χ4n) is 3.42.